The Morgan fingerprint density at radius 1 is 1.00 bits per heavy atom. The van der Waals surface area contributed by atoms with Crippen LogP contribution in [0.2, 0.25) is 5.02 Å². The molecule has 0 radical (unpaired) electrons. The molecule has 5 rings (SSSR count). The fourth-order valence-corrected chi connectivity index (χ4v) is 4.35. The average Bonchev–Trinajstić information content (AvgIpc) is 3.32. The monoisotopic (exact) mass is 536 g/mol. The van der Waals surface area contributed by atoms with Crippen molar-refractivity contribution in [1.29, 1.82) is 0 Å². The maximum atomic E-state index is 13.4. The van der Waals surface area contributed by atoms with Crippen LogP contribution in [-0.4, -0.2) is 45.6 Å². The van der Waals surface area contributed by atoms with Gasteiger partial charge < -0.3 is 16.0 Å². The van der Waals surface area contributed by atoms with Gasteiger partial charge in [0.25, 0.3) is 17.7 Å². The molecular formula is C27H23ClF2N6O2. The second-order valence-corrected chi connectivity index (χ2v) is 9.31. The van der Waals surface area contributed by atoms with Gasteiger partial charge in [-0.2, -0.15) is 5.10 Å². The van der Waals surface area contributed by atoms with E-state index in [9.17, 15) is 18.4 Å². The number of amides is 2. The van der Waals surface area contributed by atoms with E-state index in [0.717, 1.165) is 0 Å². The topological polar surface area (TPSA) is 101 Å². The molecule has 0 bridgehead atoms. The molecule has 38 heavy (non-hydrogen) atoms. The van der Waals surface area contributed by atoms with Crippen LogP contribution in [0.25, 0.3) is 16.9 Å². The number of aromatic nitrogens is 3. The summed E-state index contributed by atoms with van der Waals surface area (Å²) in [6.07, 6.45) is -0.828. The van der Waals surface area contributed by atoms with Crippen LogP contribution in [0, 0.1) is 0 Å². The molecule has 0 unspecified atom stereocenters. The molecule has 2 aromatic heterocycles. The highest BCUT2D eigenvalue weighted by atomic mass is 35.5. The lowest BCUT2D eigenvalue weighted by Crippen LogP contribution is -2.50. The highest BCUT2D eigenvalue weighted by molar-refractivity contribution is 6.34. The van der Waals surface area contributed by atoms with Crippen molar-refractivity contribution in [2.24, 2.45) is 0 Å². The summed E-state index contributed by atoms with van der Waals surface area (Å²) in [5, 5.41) is 12.9. The molecule has 2 heterocycles. The summed E-state index contributed by atoms with van der Waals surface area (Å²) in [7, 11) is 1.76. The van der Waals surface area contributed by atoms with Gasteiger partial charge in [0.1, 0.15) is 11.6 Å². The first-order valence-corrected chi connectivity index (χ1v) is 12.2. The molecule has 8 nitrogen and oxygen atoms in total. The van der Waals surface area contributed by atoms with E-state index in [2.05, 4.69) is 26.0 Å². The molecule has 1 aliphatic rings. The number of benzene rings is 2. The van der Waals surface area contributed by atoms with E-state index in [1.165, 1.54) is 10.7 Å². The Kier molecular flexibility index (Phi) is 6.81. The van der Waals surface area contributed by atoms with Crippen LogP contribution < -0.4 is 16.0 Å². The summed E-state index contributed by atoms with van der Waals surface area (Å²) in [4.78, 5) is 30.6. The Morgan fingerprint density at radius 3 is 2.47 bits per heavy atom. The minimum Gasteiger partial charge on any atom is -0.373 e. The van der Waals surface area contributed by atoms with Crippen LogP contribution in [0.3, 0.4) is 0 Å². The third kappa shape index (κ3) is 5.35. The summed E-state index contributed by atoms with van der Waals surface area (Å²) in [6, 6.07) is 20.2. The Hall–Kier alpha value is -4.31. The number of alkyl halides is 2. The van der Waals surface area contributed by atoms with Gasteiger partial charge in [0.05, 0.1) is 22.0 Å². The number of nitrogens with one attached hydrogen (secondary N) is 3. The molecule has 2 aromatic carbocycles. The molecule has 0 spiro atoms. The summed E-state index contributed by atoms with van der Waals surface area (Å²) in [5.74, 6) is -3.01. The number of anilines is 2. The summed E-state index contributed by atoms with van der Waals surface area (Å²) >= 11 is 6.38. The predicted octanol–water partition coefficient (Wildman–Crippen LogP) is 5.41. The van der Waals surface area contributed by atoms with Gasteiger partial charge in [0.2, 0.25) is 0 Å². The fourth-order valence-electron chi connectivity index (χ4n) is 4.15. The zero-order valence-electron chi connectivity index (χ0n) is 20.2. The van der Waals surface area contributed by atoms with E-state index >= 15 is 0 Å². The van der Waals surface area contributed by atoms with E-state index in [0.29, 0.717) is 22.8 Å². The number of carbonyl (C=O) groups excluding carboxylic acids is 2. The van der Waals surface area contributed by atoms with E-state index < -0.39 is 36.6 Å². The standard InChI is InChI=1S/C27H23ClF2N6O2/c1-31-23-9-5-8-21(33-23)16-10-11-20(28)19(12-16)25(37)34-24-13-22(26(38)32-17-14-27(29,30)15-17)35-36(24)18-6-3-2-4-7-18/h2-13,17H,14-15H2,1H3,(H,31,33)(H,32,38)(H,34,37). The number of rotatable bonds is 7. The zero-order chi connectivity index (χ0) is 26.9. The van der Waals surface area contributed by atoms with Crippen molar-refractivity contribution in [2.75, 3.05) is 17.7 Å². The number of nitrogens with zero attached hydrogens (tertiary/aromatic N) is 3. The second-order valence-electron chi connectivity index (χ2n) is 8.90. The van der Waals surface area contributed by atoms with Gasteiger partial charge in [-0.1, -0.05) is 41.9 Å². The van der Waals surface area contributed by atoms with Crippen LogP contribution in [0.4, 0.5) is 20.4 Å². The van der Waals surface area contributed by atoms with Gasteiger partial charge >= 0.3 is 0 Å². The van der Waals surface area contributed by atoms with Gasteiger partial charge in [-0.15, -0.1) is 0 Å². The SMILES string of the molecule is CNc1cccc(-c2ccc(Cl)c(C(=O)Nc3cc(C(=O)NC4CC(F)(F)C4)nn3-c3ccccc3)c2)n1. The fraction of sp³-hybridized carbons (Fsp3) is 0.185. The van der Waals surface area contributed by atoms with Crippen LogP contribution in [0.15, 0.2) is 72.8 Å². The number of carbonyl (C=O) groups is 2. The average molecular weight is 537 g/mol. The first kappa shape index (κ1) is 25.3. The molecule has 0 saturated heterocycles. The lowest BCUT2D eigenvalue weighted by Gasteiger charge is -2.35. The number of halogens is 3. The molecule has 2 amide bonds. The minimum absolute atomic E-state index is 0.0210. The smallest absolute Gasteiger partial charge is 0.272 e. The molecule has 3 N–H and O–H groups in total. The maximum absolute atomic E-state index is 13.4. The minimum atomic E-state index is -2.77. The molecule has 1 aliphatic carbocycles. The summed E-state index contributed by atoms with van der Waals surface area (Å²) in [5.41, 5.74) is 2.10. The largest absolute Gasteiger partial charge is 0.373 e. The zero-order valence-corrected chi connectivity index (χ0v) is 21.0. The summed E-state index contributed by atoms with van der Waals surface area (Å²) < 4.78 is 27.8. The van der Waals surface area contributed by atoms with E-state index in [4.69, 9.17) is 11.6 Å². The third-order valence-corrected chi connectivity index (χ3v) is 6.45. The number of para-hydroxylation sites is 1. The van der Waals surface area contributed by atoms with Gasteiger partial charge in [-0.3, -0.25) is 9.59 Å². The lowest BCUT2D eigenvalue weighted by molar-refractivity contribution is -0.0901. The first-order valence-electron chi connectivity index (χ1n) is 11.8. The molecular weight excluding hydrogens is 514 g/mol. The third-order valence-electron chi connectivity index (χ3n) is 6.12. The van der Waals surface area contributed by atoms with Crippen LogP contribution in [-0.2, 0) is 0 Å². The quantitative estimate of drug-likeness (QED) is 0.293. The van der Waals surface area contributed by atoms with Crippen molar-refractivity contribution in [3.63, 3.8) is 0 Å². The van der Waals surface area contributed by atoms with Gasteiger partial charge in [-0.25, -0.2) is 18.4 Å². The predicted molar refractivity (Wildman–Crippen MR) is 141 cm³/mol. The van der Waals surface area contributed by atoms with Crippen LogP contribution >= 0.6 is 11.6 Å². The van der Waals surface area contributed by atoms with E-state index in [1.54, 1.807) is 49.5 Å². The highest BCUT2D eigenvalue weighted by Crippen LogP contribution is 2.37. The van der Waals surface area contributed by atoms with Crippen molar-refractivity contribution in [3.05, 3.63) is 89.1 Å². The summed E-state index contributed by atoms with van der Waals surface area (Å²) in [6.45, 7) is 0. The molecule has 4 aromatic rings. The van der Waals surface area contributed by atoms with Crippen molar-refractivity contribution in [2.45, 2.75) is 24.8 Å². The van der Waals surface area contributed by atoms with Gasteiger partial charge in [-0.05, 0) is 36.4 Å². The normalized spacial score (nSPS) is 14.4. The van der Waals surface area contributed by atoms with Gasteiger partial charge in [0.15, 0.2) is 5.69 Å². The Labute approximate surface area is 222 Å². The van der Waals surface area contributed by atoms with Crippen LogP contribution in [0.5, 0.6) is 0 Å². The lowest BCUT2D eigenvalue weighted by atomic mass is 9.88. The Bertz CT molecular complexity index is 1500. The molecule has 1 fully saturated rings. The highest BCUT2D eigenvalue weighted by Gasteiger charge is 2.46. The number of hydrogen-bond donors (Lipinski definition) is 3. The van der Waals surface area contributed by atoms with E-state index in [-0.39, 0.29) is 22.1 Å². The number of pyridine rings is 1. The van der Waals surface area contributed by atoms with E-state index in [1.807, 2.05) is 24.3 Å². The molecule has 0 atom stereocenters. The number of hydrogen-bond acceptors (Lipinski definition) is 5. The maximum Gasteiger partial charge on any atom is 0.272 e. The van der Waals surface area contributed by atoms with Crippen LogP contribution in [0.1, 0.15) is 33.7 Å². The van der Waals surface area contributed by atoms with Crippen molar-refractivity contribution >= 4 is 35.1 Å². The van der Waals surface area contributed by atoms with Crippen molar-refractivity contribution < 1.29 is 18.4 Å². The molecule has 194 valence electrons. The molecule has 1 saturated carbocycles. The van der Waals surface area contributed by atoms with Crippen molar-refractivity contribution in [3.8, 4) is 16.9 Å². The molecule has 0 aliphatic heterocycles. The Balaban J connectivity index is 1.43. The van der Waals surface area contributed by atoms with Gasteiger partial charge in [0, 0.05) is 37.6 Å². The Morgan fingerprint density at radius 2 is 1.76 bits per heavy atom. The first-order chi connectivity index (χ1) is 18.2. The second kappa shape index (κ2) is 10.2. The van der Waals surface area contributed by atoms with Crippen molar-refractivity contribution in [1.82, 2.24) is 20.1 Å². The molecule has 11 heteroatoms.